The number of nitrogens with one attached hydrogen (secondary N) is 1. The van der Waals surface area contributed by atoms with Gasteiger partial charge in [-0.25, -0.2) is 4.98 Å². The summed E-state index contributed by atoms with van der Waals surface area (Å²) in [6.07, 6.45) is -4.20. The van der Waals surface area contributed by atoms with Crippen LogP contribution in [0.2, 0.25) is 0 Å². The van der Waals surface area contributed by atoms with Crippen molar-refractivity contribution < 1.29 is 18.0 Å². The van der Waals surface area contributed by atoms with Gasteiger partial charge in [0.05, 0.1) is 22.8 Å². The molecule has 1 atom stereocenters. The zero-order valence-corrected chi connectivity index (χ0v) is 13.4. The second-order valence-electron chi connectivity index (χ2n) is 5.92. The molecule has 0 fully saturated rings. The van der Waals surface area contributed by atoms with E-state index in [0.29, 0.717) is 16.7 Å². The van der Waals surface area contributed by atoms with E-state index >= 15 is 0 Å². The van der Waals surface area contributed by atoms with Gasteiger partial charge in [0, 0.05) is 5.69 Å². The molecule has 26 heavy (non-hydrogen) atoms. The van der Waals surface area contributed by atoms with E-state index in [2.05, 4.69) is 15.3 Å². The molecule has 132 valence electrons. The highest BCUT2D eigenvalue weighted by Crippen LogP contribution is 2.34. The Morgan fingerprint density at radius 2 is 1.73 bits per heavy atom. The van der Waals surface area contributed by atoms with E-state index in [9.17, 15) is 18.0 Å². The van der Waals surface area contributed by atoms with Crippen molar-refractivity contribution in [2.75, 3.05) is 11.9 Å². The van der Waals surface area contributed by atoms with E-state index in [-0.39, 0.29) is 11.3 Å². The summed E-state index contributed by atoms with van der Waals surface area (Å²) in [6, 6.07) is 13.5. The second kappa shape index (κ2) is 5.98. The first-order valence-electron chi connectivity index (χ1n) is 7.87. The van der Waals surface area contributed by atoms with Crippen molar-refractivity contribution in [1.29, 1.82) is 0 Å². The molecule has 1 aliphatic rings. The number of hydrogen-bond acceptors (Lipinski definition) is 4. The van der Waals surface area contributed by atoms with Gasteiger partial charge in [0.25, 0.3) is 5.91 Å². The molecule has 1 aliphatic heterocycles. The summed E-state index contributed by atoms with van der Waals surface area (Å²) in [7, 11) is 0. The van der Waals surface area contributed by atoms with Gasteiger partial charge >= 0.3 is 6.18 Å². The van der Waals surface area contributed by atoms with Crippen LogP contribution in [0.3, 0.4) is 0 Å². The molecule has 5 nitrogen and oxygen atoms in total. The van der Waals surface area contributed by atoms with Gasteiger partial charge in [-0.2, -0.15) is 13.2 Å². The van der Waals surface area contributed by atoms with Gasteiger partial charge in [0.2, 0.25) is 0 Å². The monoisotopic (exact) mass is 358 g/mol. The van der Waals surface area contributed by atoms with Gasteiger partial charge in [-0.05, 0) is 24.3 Å². The minimum atomic E-state index is -4.54. The summed E-state index contributed by atoms with van der Waals surface area (Å²) in [5.41, 5.74) is 2.08. The van der Waals surface area contributed by atoms with Crippen LogP contribution in [0, 0.1) is 0 Å². The highest BCUT2D eigenvalue weighted by Gasteiger charge is 2.41. The number of amides is 1. The number of para-hydroxylation sites is 3. The average Bonchev–Trinajstić information content (AvgIpc) is 2.62. The fraction of sp³-hybridized carbons (Fsp3) is 0.167. The number of alkyl halides is 3. The molecule has 1 aromatic heterocycles. The van der Waals surface area contributed by atoms with Crippen LogP contribution in [-0.2, 0) is 0 Å². The van der Waals surface area contributed by atoms with Crippen molar-refractivity contribution in [3.8, 4) is 0 Å². The lowest BCUT2D eigenvalue weighted by Gasteiger charge is -2.37. The smallest absolute Gasteiger partial charge is 0.359 e. The van der Waals surface area contributed by atoms with Crippen LogP contribution in [-0.4, -0.2) is 33.5 Å². The molecule has 0 radical (unpaired) electrons. The number of carbonyl (C=O) groups is 1. The van der Waals surface area contributed by atoms with E-state index in [4.69, 9.17) is 0 Å². The number of anilines is 1. The third-order valence-electron chi connectivity index (χ3n) is 4.12. The lowest BCUT2D eigenvalue weighted by molar-refractivity contribution is -0.144. The predicted octanol–water partition coefficient (Wildman–Crippen LogP) is 3.76. The van der Waals surface area contributed by atoms with Crippen molar-refractivity contribution in [3.63, 3.8) is 0 Å². The summed E-state index contributed by atoms with van der Waals surface area (Å²) < 4.78 is 39.2. The molecule has 2 aromatic carbocycles. The Morgan fingerprint density at radius 1 is 1.04 bits per heavy atom. The van der Waals surface area contributed by atoms with E-state index in [1.165, 1.54) is 12.3 Å². The average molecular weight is 358 g/mol. The number of aromatic nitrogens is 2. The summed E-state index contributed by atoms with van der Waals surface area (Å²) in [5.74, 6) is -0.698. The van der Waals surface area contributed by atoms with E-state index in [1.807, 2.05) is 0 Å². The minimum Gasteiger partial charge on any atom is -0.359 e. The number of nitrogens with zero attached hydrogens (tertiary/aromatic N) is 3. The number of benzene rings is 2. The van der Waals surface area contributed by atoms with Crippen molar-refractivity contribution >= 4 is 22.6 Å². The van der Waals surface area contributed by atoms with E-state index in [1.54, 1.807) is 42.5 Å². The third-order valence-corrected chi connectivity index (χ3v) is 4.12. The maximum absolute atomic E-state index is 13.1. The van der Waals surface area contributed by atoms with Crippen LogP contribution in [0.25, 0.3) is 11.0 Å². The molecule has 3 aromatic rings. The molecule has 0 saturated carbocycles. The third kappa shape index (κ3) is 2.94. The number of rotatable bonds is 2. The van der Waals surface area contributed by atoms with Gasteiger partial charge < -0.3 is 10.2 Å². The fourth-order valence-electron chi connectivity index (χ4n) is 2.99. The molecule has 0 unspecified atom stereocenters. The Bertz CT molecular complexity index is 989. The van der Waals surface area contributed by atoms with Crippen LogP contribution < -0.4 is 5.32 Å². The summed E-state index contributed by atoms with van der Waals surface area (Å²) in [5, 5.41) is 2.98. The standard InChI is InChI=1S/C18H13F3N4O/c19-18(20,21)10-25-16(24-12-6-2-1-5-11(12)17(25)26)15-9-22-13-7-3-4-8-14(13)23-15/h1-9,16,24H,10H2/t16-/m0/s1. The lowest BCUT2D eigenvalue weighted by Crippen LogP contribution is -2.47. The molecule has 1 amide bonds. The van der Waals surface area contributed by atoms with Crippen LogP contribution in [0.4, 0.5) is 18.9 Å². The molecule has 0 saturated heterocycles. The quantitative estimate of drug-likeness (QED) is 0.758. The van der Waals surface area contributed by atoms with Crippen LogP contribution in [0.1, 0.15) is 22.2 Å². The summed E-state index contributed by atoms with van der Waals surface area (Å²) in [4.78, 5) is 22.1. The molecule has 2 heterocycles. The Balaban J connectivity index is 1.81. The van der Waals surface area contributed by atoms with Crippen molar-refractivity contribution in [1.82, 2.24) is 14.9 Å². The molecular weight excluding hydrogens is 345 g/mol. The minimum absolute atomic E-state index is 0.196. The maximum Gasteiger partial charge on any atom is 0.406 e. The topological polar surface area (TPSA) is 58.1 Å². The Kier molecular flexibility index (Phi) is 3.75. The van der Waals surface area contributed by atoms with Gasteiger partial charge in [-0.15, -0.1) is 0 Å². The predicted molar refractivity (Wildman–Crippen MR) is 89.4 cm³/mol. The molecule has 1 N–H and O–H groups in total. The lowest BCUT2D eigenvalue weighted by atomic mass is 10.1. The summed E-state index contributed by atoms with van der Waals surface area (Å²) >= 11 is 0. The molecule has 4 rings (SSSR count). The van der Waals surface area contributed by atoms with Gasteiger partial charge in [0.15, 0.2) is 0 Å². The normalized spacial score (nSPS) is 17.1. The molecule has 8 heteroatoms. The first kappa shape index (κ1) is 16.3. The van der Waals surface area contributed by atoms with Crippen molar-refractivity contribution in [3.05, 3.63) is 66.0 Å². The first-order chi connectivity index (χ1) is 12.4. The SMILES string of the molecule is O=C1c2ccccc2N[C@H](c2cnc3ccccc3n2)N1CC(F)(F)F. The molecule has 0 bridgehead atoms. The van der Waals surface area contributed by atoms with E-state index < -0.39 is 24.8 Å². The number of hydrogen-bond donors (Lipinski definition) is 1. The molecule has 0 spiro atoms. The Labute approximate surface area is 146 Å². The number of fused-ring (bicyclic) bond motifs is 2. The number of carbonyl (C=O) groups excluding carboxylic acids is 1. The largest absolute Gasteiger partial charge is 0.406 e. The molecular formula is C18H13F3N4O. The zero-order valence-electron chi connectivity index (χ0n) is 13.4. The maximum atomic E-state index is 13.1. The highest BCUT2D eigenvalue weighted by atomic mass is 19.4. The van der Waals surface area contributed by atoms with Gasteiger partial charge in [-0.3, -0.25) is 9.78 Å². The fourth-order valence-corrected chi connectivity index (χ4v) is 2.99. The molecule has 0 aliphatic carbocycles. The zero-order chi connectivity index (χ0) is 18.3. The highest BCUT2D eigenvalue weighted by molar-refractivity contribution is 6.01. The van der Waals surface area contributed by atoms with Crippen LogP contribution in [0.15, 0.2) is 54.7 Å². The second-order valence-corrected chi connectivity index (χ2v) is 5.92. The van der Waals surface area contributed by atoms with Crippen LogP contribution in [0.5, 0.6) is 0 Å². The Hall–Kier alpha value is -3.16. The van der Waals surface area contributed by atoms with Crippen molar-refractivity contribution in [2.45, 2.75) is 12.3 Å². The Morgan fingerprint density at radius 3 is 2.50 bits per heavy atom. The van der Waals surface area contributed by atoms with E-state index in [0.717, 1.165) is 4.90 Å². The summed E-state index contributed by atoms with van der Waals surface area (Å²) in [6.45, 7) is -1.38. The van der Waals surface area contributed by atoms with Crippen molar-refractivity contribution in [2.24, 2.45) is 0 Å². The van der Waals surface area contributed by atoms with Crippen LogP contribution >= 0.6 is 0 Å². The van der Waals surface area contributed by atoms with Gasteiger partial charge in [0.1, 0.15) is 18.4 Å². The number of halogens is 3. The van der Waals surface area contributed by atoms with Gasteiger partial charge in [-0.1, -0.05) is 24.3 Å². The first-order valence-corrected chi connectivity index (χ1v) is 7.87.